The van der Waals surface area contributed by atoms with Crippen molar-refractivity contribution in [3.05, 3.63) is 0 Å². The Labute approximate surface area is 76.6 Å². The molecule has 0 aromatic heterocycles. The fraction of sp³-hybridized carbons (Fsp3) is 1.00. The molecule has 2 rings (SSSR count). The van der Waals surface area contributed by atoms with Crippen molar-refractivity contribution in [1.82, 2.24) is 0 Å². The third kappa shape index (κ3) is 1.35. The zero-order chi connectivity index (χ0) is 7.90. The van der Waals surface area contributed by atoms with Crippen LogP contribution < -0.4 is 0 Å². The highest BCUT2D eigenvalue weighted by Crippen LogP contribution is 2.52. The third-order valence-corrected chi connectivity index (χ3v) is 3.74. The molecule has 0 amide bonds. The molecule has 1 nitrogen and oxygen atoms in total. The summed E-state index contributed by atoms with van der Waals surface area (Å²) in [5.74, 6) is 0.952. The Morgan fingerprint density at radius 1 is 1.45 bits per heavy atom. The quantitative estimate of drug-likeness (QED) is 0.616. The third-order valence-electron chi connectivity index (χ3n) is 3.02. The number of ether oxygens (including phenoxy) is 1. The smallest absolute Gasteiger partial charge is 0.0678 e. The molecule has 64 valence electrons. The van der Waals surface area contributed by atoms with Gasteiger partial charge in [-0.05, 0) is 30.6 Å². The van der Waals surface area contributed by atoms with Crippen LogP contribution in [0.4, 0.5) is 0 Å². The summed E-state index contributed by atoms with van der Waals surface area (Å²) in [4.78, 5) is 0. The maximum absolute atomic E-state index is 5.66. The van der Waals surface area contributed by atoms with Crippen molar-refractivity contribution in [3.8, 4) is 0 Å². The van der Waals surface area contributed by atoms with Gasteiger partial charge in [-0.2, -0.15) is 0 Å². The summed E-state index contributed by atoms with van der Waals surface area (Å²) in [5, 5.41) is 1.02. The van der Waals surface area contributed by atoms with E-state index >= 15 is 0 Å². The lowest BCUT2D eigenvalue weighted by atomic mass is 9.62. The van der Waals surface area contributed by atoms with Crippen LogP contribution in [-0.2, 0) is 4.74 Å². The summed E-state index contributed by atoms with van der Waals surface area (Å²) in [6, 6.07) is 0. The highest BCUT2D eigenvalue weighted by atomic mass is 79.9. The minimum absolute atomic E-state index is 0.502. The van der Waals surface area contributed by atoms with Gasteiger partial charge in [-0.1, -0.05) is 22.9 Å². The molecule has 1 aliphatic heterocycles. The fourth-order valence-electron chi connectivity index (χ4n) is 2.70. The van der Waals surface area contributed by atoms with Gasteiger partial charge in [0.1, 0.15) is 0 Å². The molecule has 1 aliphatic carbocycles. The molecule has 1 atom stereocenters. The Bertz CT molecular complexity index is 152. The van der Waals surface area contributed by atoms with E-state index in [0.29, 0.717) is 11.5 Å². The van der Waals surface area contributed by atoms with Crippen molar-refractivity contribution < 1.29 is 4.74 Å². The zero-order valence-corrected chi connectivity index (χ0v) is 8.56. The second-order valence-corrected chi connectivity index (χ2v) is 4.95. The molecule has 0 N–H and O–H groups in total. The number of alkyl halides is 1. The van der Waals surface area contributed by atoms with Crippen LogP contribution in [-0.4, -0.2) is 18.0 Å². The predicted octanol–water partition coefficient (Wildman–Crippen LogP) is 2.59. The van der Waals surface area contributed by atoms with Crippen molar-refractivity contribution in [2.45, 2.75) is 32.3 Å². The fourth-order valence-corrected chi connectivity index (χ4v) is 3.11. The standard InChI is InChI=1S/C9H15BrO/c1-7-2-9(3-7)4-8(5-10)11-6-9/h7-8H,2-6H2,1H3. The van der Waals surface area contributed by atoms with Crippen LogP contribution in [0.1, 0.15) is 26.2 Å². The second-order valence-electron chi connectivity index (χ2n) is 4.30. The molecule has 0 aromatic rings. The molecule has 2 aliphatic rings. The van der Waals surface area contributed by atoms with Gasteiger partial charge in [-0.3, -0.25) is 0 Å². The molecule has 2 heteroatoms. The molecular formula is C9H15BrO. The van der Waals surface area contributed by atoms with E-state index in [1.807, 2.05) is 0 Å². The Morgan fingerprint density at radius 2 is 2.18 bits per heavy atom. The Kier molecular flexibility index (Phi) is 2.00. The molecule has 1 unspecified atom stereocenters. The van der Waals surface area contributed by atoms with Crippen LogP contribution in [0.3, 0.4) is 0 Å². The summed E-state index contributed by atoms with van der Waals surface area (Å²) in [6.07, 6.45) is 4.60. The topological polar surface area (TPSA) is 9.23 Å². The summed E-state index contributed by atoms with van der Waals surface area (Å²) in [6.45, 7) is 3.36. The first-order valence-electron chi connectivity index (χ1n) is 4.42. The molecule has 1 heterocycles. The van der Waals surface area contributed by atoms with Gasteiger partial charge in [0.05, 0.1) is 12.7 Å². The maximum Gasteiger partial charge on any atom is 0.0678 e. The lowest BCUT2D eigenvalue weighted by molar-refractivity contribution is 0.0408. The normalized spacial score (nSPS) is 49.6. The van der Waals surface area contributed by atoms with E-state index in [9.17, 15) is 0 Å². The Morgan fingerprint density at radius 3 is 2.64 bits per heavy atom. The minimum Gasteiger partial charge on any atom is -0.377 e. The molecule has 11 heavy (non-hydrogen) atoms. The molecule has 0 aromatic carbocycles. The largest absolute Gasteiger partial charge is 0.377 e. The Hall–Kier alpha value is 0.440. The van der Waals surface area contributed by atoms with Crippen LogP contribution in [0, 0.1) is 11.3 Å². The minimum atomic E-state index is 0.502. The van der Waals surface area contributed by atoms with E-state index in [-0.39, 0.29) is 0 Å². The summed E-state index contributed by atoms with van der Waals surface area (Å²) < 4.78 is 5.66. The van der Waals surface area contributed by atoms with E-state index in [1.54, 1.807) is 0 Å². The van der Waals surface area contributed by atoms with E-state index in [2.05, 4.69) is 22.9 Å². The van der Waals surface area contributed by atoms with Crippen LogP contribution in [0.25, 0.3) is 0 Å². The number of halogens is 1. The molecule has 0 bridgehead atoms. The van der Waals surface area contributed by atoms with Crippen molar-refractivity contribution in [2.75, 3.05) is 11.9 Å². The molecule has 2 fully saturated rings. The Balaban J connectivity index is 1.89. The predicted molar refractivity (Wildman–Crippen MR) is 49.0 cm³/mol. The van der Waals surface area contributed by atoms with Gasteiger partial charge in [-0.25, -0.2) is 0 Å². The van der Waals surface area contributed by atoms with Crippen molar-refractivity contribution >= 4 is 15.9 Å². The number of hydrogen-bond donors (Lipinski definition) is 0. The van der Waals surface area contributed by atoms with Gasteiger partial charge in [0, 0.05) is 5.33 Å². The van der Waals surface area contributed by atoms with E-state index in [4.69, 9.17) is 4.74 Å². The maximum atomic E-state index is 5.66. The van der Waals surface area contributed by atoms with Gasteiger partial charge in [0.25, 0.3) is 0 Å². The number of hydrogen-bond acceptors (Lipinski definition) is 1. The summed E-state index contributed by atoms with van der Waals surface area (Å²) in [7, 11) is 0. The first-order chi connectivity index (χ1) is 5.24. The van der Waals surface area contributed by atoms with Crippen LogP contribution in [0.5, 0.6) is 0 Å². The first-order valence-corrected chi connectivity index (χ1v) is 5.54. The van der Waals surface area contributed by atoms with Crippen LogP contribution in [0.15, 0.2) is 0 Å². The zero-order valence-electron chi connectivity index (χ0n) is 6.98. The van der Waals surface area contributed by atoms with Gasteiger partial charge in [0.15, 0.2) is 0 Å². The van der Waals surface area contributed by atoms with Crippen LogP contribution >= 0.6 is 15.9 Å². The van der Waals surface area contributed by atoms with Crippen LogP contribution in [0.2, 0.25) is 0 Å². The van der Waals surface area contributed by atoms with E-state index in [0.717, 1.165) is 17.9 Å². The average molecular weight is 219 g/mol. The van der Waals surface area contributed by atoms with Crippen molar-refractivity contribution in [1.29, 1.82) is 0 Å². The summed E-state index contributed by atoms with van der Waals surface area (Å²) >= 11 is 3.47. The highest BCUT2D eigenvalue weighted by molar-refractivity contribution is 9.09. The first kappa shape index (κ1) is 8.06. The molecule has 1 saturated carbocycles. The molecule has 0 radical (unpaired) electrons. The summed E-state index contributed by atoms with van der Waals surface area (Å²) in [5.41, 5.74) is 0.609. The second kappa shape index (κ2) is 2.74. The monoisotopic (exact) mass is 218 g/mol. The lowest BCUT2D eigenvalue weighted by Crippen LogP contribution is -2.36. The molecular weight excluding hydrogens is 204 g/mol. The van der Waals surface area contributed by atoms with Gasteiger partial charge in [0.2, 0.25) is 0 Å². The van der Waals surface area contributed by atoms with E-state index in [1.165, 1.54) is 19.3 Å². The van der Waals surface area contributed by atoms with Gasteiger partial charge >= 0.3 is 0 Å². The van der Waals surface area contributed by atoms with Crippen molar-refractivity contribution in [2.24, 2.45) is 11.3 Å². The van der Waals surface area contributed by atoms with Gasteiger partial charge in [-0.15, -0.1) is 0 Å². The molecule has 1 spiro atoms. The van der Waals surface area contributed by atoms with Gasteiger partial charge < -0.3 is 4.74 Å². The lowest BCUT2D eigenvalue weighted by Gasteiger charge is -2.42. The molecule has 1 saturated heterocycles. The SMILES string of the molecule is CC1CC2(COC(CBr)C2)C1. The van der Waals surface area contributed by atoms with E-state index < -0.39 is 0 Å². The highest BCUT2D eigenvalue weighted by Gasteiger charge is 2.47. The average Bonchev–Trinajstić information content (AvgIpc) is 2.31. The van der Waals surface area contributed by atoms with Crippen molar-refractivity contribution in [3.63, 3.8) is 0 Å². The number of rotatable bonds is 1.